The summed E-state index contributed by atoms with van der Waals surface area (Å²) in [5, 5.41) is 0. The Labute approximate surface area is 144 Å². The zero-order valence-corrected chi connectivity index (χ0v) is 14.9. The first-order valence-electron chi connectivity index (χ1n) is 7.60. The molecule has 1 aliphatic rings. The Morgan fingerprint density at radius 1 is 1.26 bits per heavy atom. The van der Waals surface area contributed by atoms with Crippen LogP contribution in [0.2, 0.25) is 0 Å². The maximum atomic E-state index is 12.6. The smallest absolute Gasteiger partial charge is 0.243 e. The van der Waals surface area contributed by atoms with E-state index in [-0.39, 0.29) is 23.3 Å². The second kappa shape index (κ2) is 9.44. The highest BCUT2D eigenvalue weighted by Gasteiger charge is 2.28. The molecule has 23 heavy (non-hydrogen) atoms. The van der Waals surface area contributed by atoms with Crippen molar-refractivity contribution in [3.8, 4) is 5.75 Å². The molecule has 2 N–H and O–H groups in total. The van der Waals surface area contributed by atoms with Gasteiger partial charge in [-0.1, -0.05) is 0 Å². The molecule has 1 fully saturated rings. The molecule has 0 aliphatic carbocycles. The van der Waals surface area contributed by atoms with Crippen LogP contribution in [-0.4, -0.2) is 51.7 Å². The molecule has 1 atom stereocenters. The normalized spacial score (nSPS) is 19.1. The molecular weight excluding hydrogens is 340 g/mol. The van der Waals surface area contributed by atoms with Gasteiger partial charge in [0.15, 0.2) is 0 Å². The molecule has 1 heterocycles. The van der Waals surface area contributed by atoms with E-state index in [1.54, 1.807) is 24.3 Å². The lowest BCUT2D eigenvalue weighted by atomic mass is 10.1. The number of benzene rings is 1. The highest BCUT2D eigenvalue weighted by atomic mass is 35.5. The summed E-state index contributed by atoms with van der Waals surface area (Å²) in [6.45, 7) is 4.45. The molecular formula is C15H25ClN2O4S. The molecule has 132 valence electrons. The van der Waals surface area contributed by atoms with Crippen molar-refractivity contribution in [1.29, 1.82) is 0 Å². The number of hydrogen-bond acceptors (Lipinski definition) is 5. The lowest BCUT2D eigenvalue weighted by molar-refractivity contribution is 0.110. The predicted molar refractivity (Wildman–Crippen MR) is 91.6 cm³/mol. The lowest BCUT2D eigenvalue weighted by Crippen LogP contribution is -2.45. The van der Waals surface area contributed by atoms with Gasteiger partial charge < -0.3 is 15.2 Å². The quantitative estimate of drug-likeness (QED) is 0.744. The predicted octanol–water partition coefficient (Wildman–Crippen LogP) is 1.64. The summed E-state index contributed by atoms with van der Waals surface area (Å²) in [6.07, 6.45) is 1.68. The first-order chi connectivity index (χ1) is 10.5. The fraction of sp³-hybridized carbons (Fsp3) is 0.600. The summed E-state index contributed by atoms with van der Waals surface area (Å²) >= 11 is 0. The van der Waals surface area contributed by atoms with Crippen LogP contribution in [0.1, 0.15) is 19.8 Å². The molecule has 0 spiro atoms. The fourth-order valence-corrected chi connectivity index (χ4v) is 3.95. The molecule has 0 radical (unpaired) electrons. The van der Waals surface area contributed by atoms with Gasteiger partial charge in [0.2, 0.25) is 10.0 Å². The van der Waals surface area contributed by atoms with E-state index in [1.807, 2.05) is 6.92 Å². The first-order valence-corrected chi connectivity index (χ1v) is 9.04. The van der Waals surface area contributed by atoms with Crippen molar-refractivity contribution in [3.63, 3.8) is 0 Å². The highest BCUT2D eigenvalue weighted by Crippen LogP contribution is 2.22. The lowest BCUT2D eigenvalue weighted by Gasteiger charge is -2.29. The van der Waals surface area contributed by atoms with E-state index < -0.39 is 10.0 Å². The van der Waals surface area contributed by atoms with Crippen LogP contribution in [0.3, 0.4) is 0 Å². The van der Waals surface area contributed by atoms with Crippen LogP contribution in [0, 0.1) is 0 Å². The van der Waals surface area contributed by atoms with Crippen molar-refractivity contribution in [2.75, 3.05) is 32.9 Å². The van der Waals surface area contributed by atoms with Crippen LogP contribution >= 0.6 is 12.4 Å². The number of nitrogens with zero attached hydrogens (tertiary/aromatic N) is 1. The zero-order chi connectivity index (χ0) is 16.0. The van der Waals surface area contributed by atoms with Gasteiger partial charge in [-0.25, -0.2) is 8.42 Å². The van der Waals surface area contributed by atoms with Crippen LogP contribution in [0.15, 0.2) is 29.2 Å². The fourth-order valence-electron chi connectivity index (χ4n) is 2.41. The number of halogens is 1. The standard InChI is InChI=1S/C15H24N2O4S.ClH/c1-2-20-10-11-21-14-5-7-15(8-6-14)22(18,19)17-9-3-4-13(16)12-17;/h5-8,13H,2-4,9-12,16H2,1H3;1H. The third-order valence-electron chi connectivity index (χ3n) is 3.58. The maximum Gasteiger partial charge on any atom is 0.243 e. The molecule has 2 rings (SSSR count). The van der Waals surface area contributed by atoms with Gasteiger partial charge in [0.1, 0.15) is 12.4 Å². The van der Waals surface area contributed by atoms with Gasteiger partial charge in [-0.15, -0.1) is 12.4 Å². The monoisotopic (exact) mass is 364 g/mol. The molecule has 1 saturated heterocycles. The van der Waals surface area contributed by atoms with E-state index in [0.717, 1.165) is 12.8 Å². The SMILES string of the molecule is CCOCCOc1ccc(S(=O)(=O)N2CCCC(N)C2)cc1.Cl. The third kappa shape index (κ3) is 5.61. The van der Waals surface area contributed by atoms with Gasteiger partial charge in [0.25, 0.3) is 0 Å². The van der Waals surface area contributed by atoms with Crippen molar-refractivity contribution in [2.24, 2.45) is 5.73 Å². The van der Waals surface area contributed by atoms with Crippen molar-refractivity contribution in [2.45, 2.75) is 30.7 Å². The Bertz CT molecular complexity index is 565. The van der Waals surface area contributed by atoms with Crippen LogP contribution in [0.4, 0.5) is 0 Å². The maximum absolute atomic E-state index is 12.6. The van der Waals surface area contributed by atoms with Crippen molar-refractivity contribution in [3.05, 3.63) is 24.3 Å². The Balaban J connectivity index is 0.00000264. The third-order valence-corrected chi connectivity index (χ3v) is 5.46. The summed E-state index contributed by atoms with van der Waals surface area (Å²) in [5.74, 6) is 0.633. The summed E-state index contributed by atoms with van der Waals surface area (Å²) in [4.78, 5) is 0.277. The molecule has 1 aliphatic heterocycles. The van der Waals surface area contributed by atoms with Crippen LogP contribution in [-0.2, 0) is 14.8 Å². The van der Waals surface area contributed by atoms with Gasteiger partial charge >= 0.3 is 0 Å². The largest absolute Gasteiger partial charge is 0.491 e. The minimum Gasteiger partial charge on any atom is -0.491 e. The van der Waals surface area contributed by atoms with Crippen LogP contribution < -0.4 is 10.5 Å². The second-order valence-electron chi connectivity index (χ2n) is 5.28. The number of piperidine rings is 1. The average molecular weight is 365 g/mol. The summed E-state index contributed by atoms with van der Waals surface area (Å²) in [7, 11) is -3.47. The summed E-state index contributed by atoms with van der Waals surface area (Å²) in [6, 6.07) is 6.41. The van der Waals surface area contributed by atoms with Gasteiger partial charge in [-0.3, -0.25) is 0 Å². The highest BCUT2D eigenvalue weighted by molar-refractivity contribution is 7.89. The van der Waals surface area contributed by atoms with E-state index in [0.29, 0.717) is 38.7 Å². The number of nitrogens with two attached hydrogens (primary N) is 1. The molecule has 0 aromatic heterocycles. The molecule has 0 bridgehead atoms. The minimum absolute atomic E-state index is 0. The molecule has 1 unspecified atom stereocenters. The Kier molecular flexibility index (Phi) is 8.28. The van der Waals surface area contributed by atoms with E-state index >= 15 is 0 Å². The van der Waals surface area contributed by atoms with E-state index in [9.17, 15) is 8.42 Å². The molecule has 8 heteroatoms. The number of rotatable bonds is 7. The zero-order valence-electron chi connectivity index (χ0n) is 13.3. The Morgan fingerprint density at radius 2 is 1.96 bits per heavy atom. The van der Waals surface area contributed by atoms with Gasteiger partial charge in [0.05, 0.1) is 11.5 Å². The van der Waals surface area contributed by atoms with E-state index in [4.69, 9.17) is 15.2 Å². The molecule has 1 aromatic carbocycles. The number of sulfonamides is 1. The Morgan fingerprint density at radius 3 is 2.57 bits per heavy atom. The van der Waals surface area contributed by atoms with E-state index in [1.165, 1.54) is 4.31 Å². The first kappa shape index (κ1) is 20.2. The molecule has 1 aromatic rings. The topological polar surface area (TPSA) is 81.9 Å². The Hall–Kier alpha value is -0.860. The average Bonchev–Trinajstić information content (AvgIpc) is 2.52. The second-order valence-corrected chi connectivity index (χ2v) is 7.22. The number of hydrogen-bond donors (Lipinski definition) is 1. The van der Waals surface area contributed by atoms with Crippen molar-refractivity contribution in [1.82, 2.24) is 4.31 Å². The van der Waals surface area contributed by atoms with Gasteiger partial charge in [-0.05, 0) is 44.0 Å². The number of ether oxygens (including phenoxy) is 2. The van der Waals surface area contributed by atoms with Gasteiger partial charge in [-0.2, -0.15) is 4.31 Å². The summed E-state index contributed by atoms with van der Waals surface area (Å²) < 4.78 is 37.2. The van der Waals surface area contributed by atoms with Crippen LogP contribution in [0.25, 0.3) is 0 Å². The van der Waals surface area contributed by atoms with Gasteiger partial charge in [0, 0.05) is 25.7 Å². The molecule has 0 saturated carbocycles. The van der Waals surface area contributed by atoms with Crippen molar-refractivity contribution < 1.29 is 17.9 Å². The molecule has 6 nitrogen and oxygen atoms in total. The van der Waals surface area contributed by atoms with E-state index in [2.05, 4.69) is 0 Å². The minimum atomic E-state index is -3.47. The van der Waals surface area contributed by atoms with Crippen molar-refractivity contribution >= 4 is 22.4 Å². The summed E-state index contributed by atoms with van der Waals surface area (Å²) in [5.41, 5.74) is 5.87. The molecule has 0 amide bonds. The van der Waals surface area contributed by atoms with Crippen LogP contribution in [0.5, 0.6) is 5.75 Å².